The van der Waals surface area contributed by atoms with Gasteiger partial charge in [-0.1, -0.05) is 12.1 Å². The monoisotopic (exact) mass is 262 g/mol. The lowest BCUT2D eigenvalue weighted by molar-refractivity contribution is 0.622. The lowest BCUT2D eigenvalue weighted by Gasteiger charge is -2.01. The third kappa shape index (κ3) is 1.95. The number of hydrogen-bond donors (Lipinski definition) is 1. The predicted molar refractivity (Wildman–Crippen MR) is 72.1 cm³/mol. The van der Waals surface area contributed by atoms with Crippen LogP contribution in [0.15, 0.2) is 18.2 Å². The molecule has 1 aromatic carbocycles. The molecule has 0 saturated heterocycles. The van der Waals surface area contributed by atoms with Gasteiger partial charge in [-0.05, 0) is 31.4 Å². The summed E-state index contributed by atoms with van der Waals surface area (Å²) in [6.07, 6.45) is 2.37. The van der Waals surface area contributed by atoms with Crippen LogP contribution in [0, 0.1) is 12.7 Å². The molecule has 4 heteroatoms. The molecule has 2 nitrogen and oxygen atoms in total. The van der Waals surface area contributed by atoms with Crippen LogP contribution < -0.4 is 5.73 Å². The third-order valence-corrected chi connectivity index (χ3v) is 4.43. The second-order valence-electron chi connectivity index (χ2n) is 4.74. The van der Waals surface area contributed by atoms with Gasteiger partial charge in [0.05, 0.1) is 5.69 Å². The molecule has 1 saturated carbocycles. The number of nitrogens with two attached hydrogens (primary N) is 1. The quantitative estimate of drug-likeness (QED) is 0.918. The minimum Gasteiger partial charge on any atom is -0.326 e. The fourth-order valence-electron chi connectivity index (χ4n) is 2.11. The predicted octanol–water partition coefficient (Wildman–Crippen LogP) is 3.59. The number of rotatable bonds is 3. The highest BCUT2D eigenvalue weighted by molar-refractivity contribution is 7.15. The van der Waals surface area contributed by atoms with E-state index in [1.54, 1.807) is 19.1 Å². The van der Waals surface area contributed by atoms with E-state index in [1.807, 2.05) is 6.07 Å². The number of aromatic nitrogens is 1. The Morgan fingerprint density at radius 1 is 1.44 bits per heavy atom. The Morgan fingerprint density at radius 3 is 2.89 bits per heavy atom. The Morgan fingerprint density at radius 2 is 2.22 bits per heavy atom. The van der Waals surface area contributed by atoms with Crippen molar-refractivity contribution in [3.8, 4) is 10.6 Å². The second kappa shape index (κ2) is 4.44. The highest BCUT2D eigenvalue weighted by Crippen LogP contribution is 2.44. The summed E-state index contributed by atoms with van der Waals surface area (Å²) >= 11 is 1.53. The van der Waals surface area contributed by atoms with Crippen LogP contribution >= 0.6 is 11.3 Å². The van der Waals surface area contributed by atoms with Crippen molar-refractivity contribution in [3.05, 3.63) is 40.2 Å². The van der Waals surface area contributed by atoms with Crippen LogP contribution in [0.25, 0.3) is 10.6 Å². The minimum atomic E-state index is -0.169. The minimum absolute atomic E-state index is 0.169. The van der Waals surface area contributed by atoms with Crippen molar-refractivity contribution >= 4 is 11.3 Å². The molecule has 0 radical (unpaired) electrons. The van der Waals surface area contributed by atoms with E-state index in [0.717, 1.165) is 15.6 Å². The van der Waals surface area contributed by atoms with Gasteiger partial charge in [0.25, 0.3) is 0 Å². The van der Waals surface area contributed by atoms with Crippen molar-refractivity contribution < 1.29 is 4.39 Å². The molecule has 0 bridgehead atoms. The molecule has 1 aliphatic rings. The lowest BCUT2D eigenvalue weighted by Crippen LogP contribution is -1.96. The van der Waals surface area contributed by atoms with E-state index >= 15 is 0 Å². The van der Waals surface area contributed by atoms with Crippen LogP contribution in [0.3, 0.4) is 0 Å². The van der Waals surface area contributed by atoms with Crippen LogP contribution in [0.2, 0.25) is 0 Å². The molecule has 2 aromatic rings. The fourth-order valence-corrected chi connectivity index (χ4v) is 3.16. The average Bonchev–Trinajstić information content (AvgIpc) is 3.13. The molecule has 0 aliphatic heterocycles. The summed E-state index contributed by atoms with van der Waals surface area (Å²) in [6, 6.07) is 5.43. The molecular weight excluding hydrogens is 247 g/mol. The van der Waals surface area contributed by atoms with E-state index in [0.29, 0.717) is 23.6 Å². The van der Waals surface area contributed by atoms with Crippen molar-refractivity contribution in [2.75, 3.05) is 0 Å². The smallest absolute Gasteiger partial charge is 0.136 e. The standard InChI is InChI=1S/C14H15FN2S/c1-8-3-2-4-10(12(8)15)14-17-13(9-5-6-9)11(7-16)18-14/h2-4,9H,5-7,16H2,1H3. The molecular formula is C14H15FN2S. The topological polar surface area (TPSA) is 38.9 Å². The zero-order valence-electron chi connectivity index (χ0n) is 10.2. The van der Waals surface area contributed by atoms with Gasteiger partial charge in [-0.3, -0.25) is 0 Å². The van der Waals surface area contributed by atoms with Gasteiger partial charge in [0, 0.05) is 22.9 Å². The van der Waals surface area contributed by atoms with Crippen LogP contribution in [-0.2, 0) is 6.54 Å². The SMILES string of the molecule is Cc1cccc(-c2nc(C3CC3)c(CN)s2)c1F. The number of halogens is 1. The summed E-state index contributed by atoms with van der Waals surface area (Å²) in [7, 11) is 0. The molecule has 1 aliphatic carbocycles. The van der Waals surface area contributed by atoms with Crippen LogP contribution in [0.1, 0.15) is 34.9 Å². The van der Waals surface area contributed by atoms with E-state index in [9.17, 15) is 4.39 Å². The summed E-state index contributed by atoms with van der Waals surface area (Å²) in [6.45, 7) is 2.27. The van der Waals surface area contributed by atoms with Gasteiger partial charge < -0.3 is 5.73 Å². The zero-order valence-corrected chi connectivity index (χ0v) is 11.1. The Hall–Kier alpha value is -1.26. The summed E-state index contributed by atoms with van der Waals surface area (Å²) in [4.78, 5) is 5.72. The third-order valence-electron chi connectivity index (χ3n) is 3.30. The van der Waals surface area contributed by atoms with Gasteiger partial charge in [-0.2, -0.15) is 0 Å². The molecule has 0 spiro atoms. The molecule has 2 N–H and O–H groups in total. The van der Waals surface area contributed by atoms with Crippen molar-refractivity contribution in [2.24, 2.45) is 5.73 Å². The van der Waals surface area contributed by atoms with E-state index in [2.05, 4.69) is 4.98 Å². The van der Waals surface area contributed by atoms with Gasteiger partial charge in [0.2, 0.25) is 0 Å². The highest BCUT2D eigenvalue weighted by Gasteiger charge is 2.29. The molecule has 1 aromatic heterocycles. The maximum Gasteiger partial charge on any atom is 0.136 e. The van der Waals surface area contributed by atoms with E-state index in [-0.39, 0.29) is 5.82 Å². The lowest BCUT2D eigenvalue weighted by atomic mass is 10.1. The van der Waals surface area contributed by atoms with Gasteiger partial charge in [-0.25, -0.2) is 9.37 Å². The molecule has 94 valence electrons. The molecule has 0 unspecified atom stereocenters. The number of aryl methyl sites for hydroxylation is 1. The first-order chi connectivity index (χ1) is 8.70. The highest BCUT2D eigenvalue weighted by atomic mass is 32.1. The van der Waals surface area contributed by atoms with Gasteiger partial charge in [0.1, 0.15) is 10.8 Å². The number of nitrogens with zero attached hydrogens (tertiary/aromatic N) is 1. The Balaban J connectivity index is 2.08. The summed E-state index contributed by atoms with van der Waals surface area (Å²) in [5, 5.41) is 0.763. The largest absolute Gasteiger partial charge is 0.326 e. The molecule has 1 fully saturated rings. The second-order valence-corrected chi connectivity index (χ2v) is 5.83. The molecule has 18 heavy (non-hydrogen) atoms. The Labute approximate surface area is 110 Å². The van der Waals surface area contributed by atoms with Crippen molar-refractivity contribution in [1.29, 1.82) is 0 Å². The van der Waals surface area contributed by atoms with Crippen LogP contribution in [0.5, 0.6) is 0 Å². The molecule has 3 rings (SSSR count). The Kier molecular flexibility index (Phi) is 2.92. The average molecular weight is 262 g/mol. The fraction of sp³-hybridized carbons (Fsp3) is 0.357. The maximum atomic E-state index is 14.1. The number of hydrogen-bond acceptors (Lipinski definition) is 3. The van der Waals surface area contributed by atoms with Crippen molar-refractivity contribution in [2.45, 2.75) is 32.2 Å². The van der Waals surface area contributed by atoms with Crippen LogP contribution in [-0.4, -0.2) is 4.98 Å². The Bertz CT molecular complexity index is 587. The van der Waals surface area contributed by atoms with Crippen molar-refractivity contribution in [1.82, 2.24) is 4.98 Å². The first kappa shape index (κ1) is 11.8. The molecule has 0 atom stereocenters. The normalized spacial score (nSPS) is 15.1. The van der Waals surface area contributed by atoms with Crippen molar-refractivity contribution in [3.63, 3.8) is 0 Å². The first-order valence-electron chi connectivity index (χ1n) is 6.16. The van der Waals surface area contributed by atoms with Crippen LogP contribution in [0.4, 0.5) is 4.39 Å². The van der Waals surface area contributed by atoms with E-state index in [1.165, 1.54) is 24.2 Å². The number of benzene rings is 1. The van der Waals surface area contributed by atoms with Gasteiger partial charge in [-0.15, -0.1) is 11.3 Å². The van der Waals surface area contributed by atoms with Gasteiger partial charge in [0.15, 0.2) is 0 Å². The summed E-state index contributed by atoms with van der Waals surface area (Å²) in [5.41, 5.74) is 8.10. The first-order valence-corrected chi connectivity index (χ1v) is 6.97. The molecule has 1 heterocycles. The summed E-state index contributed by atoms with van der Waals surface area (Å²) in [5.74, 6) is 0.388. The summed E-state index contributed by atoms with van der Waals surface area (Å²) < 4.78 is 14.1. The number of thiazole rings is 1. The molecule has 0 amide bonds. The van der Waals surface area contributed by atoms with E-state index in [4.69, 9.17) is 5.73 Å². The zero-order chi connectivity index (χ0) is 12.7. The van der Waals surface area contributed by atoms with Gasteiger partial charge >= 0.3 is 0 Å². The van der Waals surface area contributed by atoms with E-state index < -0.39 is 0 Å². The maximum absolute atomic E-state index is 14.1.